The van der Waals surface area contributed by atoms with Crippen molar-refractivity contribution in [1.82, 2.24) is 10.2 Å². The van der Waals surface area contributed by atoms with Crippen molar-refractivity contribution in [3.8, 4) is 5.75 Å². The highest BCUT2D eigenvalue weighted by molar-refractivity contribution is 5.79. The first kappa shape index (κ1) is 19.2. The number of para-hydroxylation sites is 1. The van der Waals surface area contributed by atoms with E-state index < -0.39 is 0 Å². The third-order valence-electron chi connectivity index (χ3n) is 5.89. The summed E-state index contributed by atoms with van der Waals surface area (Å²) in [6.45, 7) is 13.6. The fourth-order valence-corrected chi connectivity index (χ4v) is 3.91. The molecule has 0 aliphatic carbocycles. The SMILES string of the molecule is CC(C)C(C)NC(=O)C1CCN(Cc2cccc3c2OC(C)(C)C3)CC1. The number of rotatable bonds is 5. The van der Waals surface area contributed by atoms with Gasteiger partial charge in [-0.2, -0.15) is 0 Å². The van der Waals surface area contributed by atoms with E-state index in [1.54, 1.807) is 0 Å². The molecule has 3 rings (SSSR count). The van der Waals surface area contributed by atoms with E-state index in [0.29, 0.717) is 5.92 Å². The van der Waals surface area contributed by atoms with E-state index in [9.17, 15) is 4.79 Å². The molecule has 0 saturated carbocycles. The standard InChI is InChI=1S/C22H34N2O2/c1-15(2)16(3)23-21(25)17-9-11-24(12-10-17)14-19-8-6-7-18-13-22(4,5)26-20(18)19/h6-8,15-17H,9-14H2,1-5H3,(H,23,25). The predicted octanol–water partition coefficient (Wildman–Crippen LogP) is 3.77. The molecular formula is C22H34N2O2. The van der Waals surface area contributed by atoms with Crippen LogP contribution in [0, 0.1) is 11.8 Å². The van der Waals surface area contributed by atoms with Gasteiger partial charge in [0.25, 0.3) is 0 Å². The first-order valence-electron chi connectivity index (χ1n) is 10.1. The number of benzene rings is 1. The number of carbonyl (C=O) groups excluding carboxylic acids is 1. The average Bonchev–Trinajstić information content (AvgIpc) is 2.90. The minimum Gasteiger partial charge on any atom is -0.487 e. The van der Waals surface area contributed by atoms with E-state index in [1.807, 2.05) is 0 Å². The van der Waals surface area contributed by atoms with Crippen molar-refractivity contribution < 1.29 is 9.53 Å². The van der Waals surface area contributed by atoms with E-state index in [2.05, 4.69) is 63.0 Å². The molecule has 1 atom stereocenters. The highest BCUT2D eigenvalue weighted by atomic mass is 16.5. The topological polar surface area (TPSA) is 41.6 Å². The van der Waals surface area contributed by atoms with E-state index in [-0.39, 0.29) is 23.5 Å². The smallest absolute Gasteiger partial charge is 0.223 e. The Balaban J connectivity index is 1.54. The molecule has 0 bridgehead atoms. The van der Waals surface area contributed by atoms with Crippen LogP contribution >= 0.6 is 0 Å². The number of carbonyl (C=O) groups is 1. The Hall–Kier alpha value is -1.55. The second-order valence-corrected chi connectivity index (χ2v) is 9.04. The van der Waals surface area contributed by atoms with Crippen LogP contribution in [0.3, 0.4) is 0 Å². The van der Waals surface area contributed by atoms with Crippen molar-refractivity contribution in [1.29, 1.82) is 0 Å². The number of piperidine rings is 1. The van der Waals surface area contributed by atoms with Crippen molar-refractivity contribution in [2.24, 2.45) is 11.8 Å². The lowest BCUT2D eigenvalue weighted by Crippen LogP contribution is -2.44. The largest absolute Gasteiger partial charge is 0.487 e. The van der Waals surface area contributed by atoms with Gasteiger partial charge in [0.1, 0.15) is 11.4 Å². The number of hydrogen-bond acceptors (Lipinski definition) is 3. The minimum atomic E-state index is -0.101. The monoisotopic (exact) mass is 358 g/mol. The highest BCUT2D eigenvalue weighted by Gasteiger charge is 2.32. The van der Waals surface area contributed by atoms with Gasteiger partial charge < -0.3 is 10.1 Å². The van der Waals surface area contributed by atoms with Gasteiger partial charge in [0.2, 0.25) is 5.91 Å². The lowest BCUT2D eigenvalue weighted by atomic mass is 9.94. The van der Waals surface area contributed by atoms with Gasteiger partial charge in [-0.15, -0.1) is 0 Å². The maximum Gasteiger partial charge on any atom is 0.223 e. The zero-order valence-corrected chi connectivity index (χ0v) is 17.0. The lowest BCUT2D eigenvalue weighted by Gasteiger charge is -2.32. The molecule has 144 valence electrons. The van der Waals surface area contributed by atoms with Gasteiger partial charge >= 0.3 is 0 Å². The summed E-state index contributed by atoms with van der Waals surface area (Å²) in [4.78, 5) is 14.9. The van der Waals surface area contributed by atoms with Crippen LogP contribution in [-0.4, -0.2) is 35.5 Å². The highest BCUT2D eigenvalue weighted by Crippen LogP contribution is 2.38. The maximum atomic E-state index is 12.5. The number of nitrogens with one attached hydrogen (secondary N) is 1. The van der Waals surface area contributed by atoms with Crippen molar-refractivity contribution in [3.05, 3.63) is 29.3 Å². The van der Waals surface area contributed by atoms with E-state index in [4.69, 9.17) is 4.74 Å². The summed E-state index contributed by atoms with van der Waals surface area (Å²) >= 11 is 0. The molecule has 0 radical (unpaired) electrons. The fraction of sp³-hybridized carbons (Fsp3) is 0.682. The Bertz CT molecular complexity index is 646. The molecule has 1 amide bonds. The fourth-order valence-electron chi connectivity index (χ4n) is 3.91. The second-order valence-electron chi connectivity index (χ2n) is 9.04. The third kappa shape index (κ3) is 4.40. The van der Waals surface area contributed by atoms with Crippen LogP contribution in [-0.2, 0) is 17.8 Å². The van der Waals surface area contributed by atoms with Crippen molar-refractivity contribution in [2.75, 3.05) is 13.1 Å². The quantitative estimate of drug-likeness (QED) is 0.871. The molecular weight excluding hydrogens is 324 g/mol. The van der Waals surface area contributed by atoms with Gasteiger partial charge in [-0.05, 0) is 58.2 Å². The molecule has 4 heteroatoms. The zero-order valence-electron chi connectivity index (χ0n) is 17.0. The number of amides is 1. The summed E-state index contributed by atoms with van der Waals surface area (Å²) in [7, 11) is 0. The predicted molar refractivity (Wildman–Crippen MR) is 105 cm³/mol. The lowest BCUT2D eigenvalue weighted by molar-refractivity contribution is -0.127. The summed E-state index contributed by atoms with van der Waals surface area (Å²) in [6, 6.07) is 6.75. The van der Waals surface area contributed by atoms with Crippen LogP contribution in [0.4, 0.5) is 0 Å². The average molecular weight is 359 g/mol. The Morgan fingerprint density at radius 1 is 1.27 bits per heavy atom. The molecule has 4 nitrogen and oxygen atoms in total. The van der Waals surface area contributed by atoms with Gasteiger partial charge in [-0.3, -0.25) is 9.69 Å². The van der Waals surface area contributed by atoms with Gasteiger partial charge in [0.15, 0.2) is 0 Å². The molecule has 1 fully saturated rings. The van der Waals surface area contributed by atoms with Crippen molar-refractivity contribution >= 4 is 5.91 Å². The molecule has 2 aliphatic rings. The Morgan fingerprint density at radius 3 is 2.62 bits per heavy atom. The number of likely N-dealkylation sites (tertiary alicyclic amines) is 1. The van der Waals surface area contributed by atoms with Crippen LogP contribution in [0.1, 0.15) is 58.6 Å². The number of ether oxygens (including phenoxy) is 1. The summed E-state index contributed by atoms with van der Waals surface area (Å²) in [6.07, 6.45) is 2.86. The molecule has 1 aromatic rings. The van der Waals surface area contributed by atoms with Crippen LogP contribution in [0.15, 0.2) is 18.2 Å². The molecule has 2 aliphatic heterocycles. The Kier molecular flexibility index (Phi) is 5.61. The molecule has 0 aromatic heterocycles. The molecule has 1 aromatic carbocycles. The van der Waals surface area contributed by atoms with Crippen LogP contribution in [0.25, 0.3) is 0 Å². The maximum absolute atomic E-state index is 12.5. The van der Waals surface area contributed by atoms with Gasteiger partial charge in [-0.25, -0.2) is 0 Å². The summed E-state index contributed by atoms with van der Waals surface area (Å²) < 4.78 is 6.20. The summed E-state index contributed by atoms with van der Waals surface area (Å²) in [5, 5.41) is 3.18. The third-order valence-corrected chi connectivity index (χ3v) is 5.89. The molecule has 1 saturated heterocycles. The van der Waals surface area contributed by atoms with Crippen LogP contribution < -0.4 is 10.1 Å². The molecule has 2 heterocycles. The number of nitrogens with zero attached hydrogens (tertiary/aromatic N) is 1. The minimum absolute atomic E-state index is 0.101. The van der Waals surface area contributed by atoms with Crippen LogP contribution in [0.5, 0.6) is 5.75 Å². The Morgan fingerprint density at radius 2 is 1.96 bits per heavy atom. The van der Waals surface area contributed by atoms with Crippen molar-refractivity contribution in [2.45, 2.75) is 72.1 Å². The van der Waals surface area contributed by atoms with E-state index >= 15 is 0 Å². The van der Waals surface area contributed by atoms with Gasteiger partial charge in [0.05, 0.1) is 0 Å². The molecule has 1 N–H and O–H groups in total. The van der Waals surface area contributed by atoms with Crippen molar-refractivity contribution in [3.63, 3.8) is 0 Å². The molecule has 0 spiro atoms. The van der Waals surface area contributed by atoms with E-state index in [0.717, 1.165) is 44.6 Å². The Labute approximate surface area is 158 Å². The second kappa shape index (κ2) is 7.59. The number of fused-ring (bicyclic) bond motifs is 1. The summed E-state index contributed by atoms with van der Waals surface area (Å²) in [5.74, 6) is 1.95. The van der Waals surface area contributed by atoms with Gasteiger partial charge in [0, 0.05) is 30.5 Å². The van der Waals surface area contributed by atoms with E-state index in [1.165, 1.54) is 11.1 Å². The zero-order chi connectivity index (χ0) is 18.9. The molecule has 26 heavy (non-hydrogen) atoms. The summed E-state index contributed by atoms with van der Waals surface area (Å²) in [5.41, 5.74) is 2.50. The normalized spacial score (nSPS) is 21.3. The van der Waals surface area contributed by atoms with Gasteiger partial charge in [-0.1, -0.05) is 32.0 Å². The first-order valence-corrected chi connectivity index (χ1v) is 10.1. The number of hydrogen-bond donors (Lipinski definition) is 1. The molecule has 1 unspecified atom stereocenters. The first-order chi connectivity index (χ1) is 12.2. The van der Waals surface area contributed by atoms with Crippen LogP contribution in [0.2, 0.25) is 0 Å².